The SMILES string of the molecule is Fc1ccc(Br)c(N2CCNCC2c2ccccc2)c1. The first-order chi connectivity index (χ1) is 9.75. The van der Waals surface area contributed by atoms with Crippen molar-refractivity contribution in [2.24, 2.45) is 0 Å². The fourth-order valence-corrected chi connectivity index (χ4v) is 3.15. The normalized spacial score (nSPS) is 19.1. The van der Waals surface area contributed by atoms with E-state index >= 15 is 0 Å². The van der Waals surface area contributed by atoms with Crippen molar-refractivity contribution in [2.45, 2.75) is 6.04 Å². The maximum Gasteiger partial charge on any atom is 0.125 e. The minimum absolute atomic E-state index is 0.200. The van der Waals surface area contributed by atoms with Crippen LogP contribution in [0.15, 0.2) is 53.0 Å². The van der Waals surface area contributed by atoms with Gasteiger partial charge in [-0.1, -0.05) is 30.3 Å². The molecule has 0 saturated carbocycles. The van der Waals surface area contributed by atoms with Gasteiger partial charge in [0.2, 0.25) is 0 Å². The highest BCUT2D eigenvalue weighted by Gasteiger charge is 2.25. The largest absolute Gasteiger partial charge is 0.361 e. The van der Waals surface area contributed by atoms with Gasteiger partial charge < -0.3 is 10.2 Å². The molecule has 0 spiro atoms. The number of benzene rings is 2. The fourth-order valence-electron chi connectivity index (χ4n) is 2.67. The molecule has 4 heteroatoms. The molecule has 1 aliphatic rings. The van der Waals surface area contributed by atoms with Crippen LogP contribution >= 0.6 is 15.9 Å². The molecular weight excluding hydrogens is 319 g/mol. The summed E-state index contributed by atoms with van der Waals surface area (Å²) in [5.74, 6) is -0.200. The summed E-state index contributed by atoms with van der Waals surface area (Å²) in [5.41, 5.74) is 2.16. The molecule has 2 aromatic carbocycles. The molecule has 0 amide bonds. The first-order valence-corrected chi connectivity index (χ1v) is 7.52. The Hall–Kier alpha value is -1.39. The van der Waals surface area contributed by atoms with Gasteiger partial charge in [0.25, 0.3) is 0 Å². The Morgan fingerprint density at radius 2 is 1.95 bits per heavy atom. The first kappa shape index (κ1) is 13.6. The summed E-state index contributed by atoms with van der Waals surface area (Å²) in [6, 6.07) is 15.4. The van der Waals surface area contributed by atoms with Gasteiger partial charge in [0.05, 0.1) is 11.7 Å². The summed E-state index contributed by atoms with van der Waals surface area (Å²) < 4.78 is 14.5. The standard InChI is InChI=1S/C16H16BrFN2/c17-14-7-6-13(18)10-15(14)20-9-8-19-11-16(20)12-4-2-1-3-5-12/h1-7,10,16,19H,8-9,11H2. The number of halogens is 2. The van der Waals surface area contributed by atoms with E-state index in [2.05, 4.69) is 38.3 Å². The van der Waals surface area contributed by atoms with Gasteiger partial charge in [0.1, 0.15) is 5.82 Å². The van der Waals surface area contributed by atoms with Gasteiger partial charge in [-0.3, -0.25) is 0 Å². The number of hydrogen-bond donors (Lipinski definition) is 1. The lowest BCUT2D eigenvalue weighted by Gasteiger charge is -2.38. The van der Waals surface area contributed by atoms with Gasteiger partial charge in [-0.05, 0) is 39.7 Å². The van der Waals surface area contributed by atoms with Gasteiger partial charge in [-0.25, -0.2) is 4.39 Å². The van der Waals surface area contributed by atoms with E-state index in [-0.39, 0.29) is 11.9 Å². The van der Waals surface area contributed by atoms with E-state index in [9.17, 15) is 4.39 Å². The number of nitrogens with zero attached hydrogens (tertiary/aromatic N) is 1. The molecular formula is C16H16BrFN2. The van der Waals surface area contributed by atoms with E-state index in [1.165, 1.54) is 11.6 Å². The molecule has 104 valence electrons. The summed E-state index contributed by atoms with van der Waals surface area (Å²) >= 11 is 3.54. The van der Waals surface area contributed by atoms with Crippen molar-refractivity contribution in [3.63, 3.8) is 0 Å². The van der Waals surface area contributed by atoms with Crippen LogP contribution in [0, 0.1) is 5.82 Å². The zero-order valence-electron chi connectivity index (χ0n) is 11.0. The van der Waals surface area contributed by atoms with Gasteiger partial charge in [-0.15, -0.1) is 0 Å². The van der Waals surface area contributed by atoms with Crippen LogP contribution in [-0.4, -0.2) is 19.6 Å². The van der Waals surface area contributed by atoms with Gasteiger partial charge in [0.15, 0.2) is 0 Å². The van der Waals surface area contributed by atoms with E-state index in [0.717, 1.165) is 29.8 Å². The molecule has 0 bridgehead atoms. The monoisotopic (exact) mass is 334 g/mol. The van der Waals surface area contributed by atoms with Crippen LogP contribution in [-0.2, 0) is 0 Å². The minimum Gasteiger partial charge on any atom is -0.361 e. The van der Waals surface area contributed by atoms with E-state index in [1.54, 1.807) is 12.1 Å². The van der Waals surface area contributed by atoms with Crippen LogP contribution in [0.3, 0.4) is 0 Å². The van der Waals surface area contributed by atoms with Crippen LogP contribution in [0.25, 0.3) is 0 Å². The van der Waals surface area contributed by atoms with Crippen molar-refractivity contribution in [1.29, 1.82) is 0 Å². The number of anilines is 1. The molecule has 3 rings (SSSR count). The van der Waals surface area contributed by atoms with Gasteiger partial charge in [-0.2, -0.15) is 0 Å². The predicted molar refractivity (Wildman–Crippen MR) is 83.5 cm³/mol. The molecule has 1 atom stereocenters. The molecule has 0 aromatic heterocycles. The summed E-state index contributed by atoms with van der Waals surface area (Å²) in [4.78, 5) is 2.26. The number of rotatable bonds is 2. The molecule has 1 N–H and O–H groups in total. The van der Waals surface area contributed by atoms with E-state index < -0.39 is 0 Å². The molecule has 0 aliphatic carbocycles. The average Bonchev–Trinajstić information content (AvgIpc) is 2.51. The molecule has 0 radical (unpaired) electrons. The molecule has 20 heavy (non-hydrogen) atoms. The molecule has 2 aromatic rings. The predicted octanol–water partition coefficient (Wildman–Crippen LogP) is 3.74. The van der Waals surface area contributed by atoms with Crippen LogP contribution < -0.4 is 10.2 Å². The smallest absolute Gasteiger partial charge is 0.125 e. The third kappa shape index (κ3) is 2.72. The topological polar surface area (TPSA) is 15.3 Å². The molecule has 1 unspecified atom stereocenters. The first-order valence-electron chi connectivity index (χ1n) is 6.73. The molecule has 1 fully saturated rings. The van der Waals surface area contributed by atoms with Crippen molar-refractivity contribution in [3.8, 4) is 0 Å². The third-order valence-corrected chi connectivity index (χ3v) is 4.32. The second-order valence-corrected chi connectivity index (χ2v) is 5.77. The zero-order valence-corrected chi connectivity index (χ0v) is 12.6. The summed E-state index contributed by atoms with van der Waals surface area (Å²) in [6.07, 6.45) is 0. The average molecular weight is 335 g/mol. The number of piperazine rings is 1. The van der Waals surface area contributed by atoms with E-state index in [0.29, 0.717) is 0 Å². The van der Waals surface area contributed by atoms with Crippen molar-refractivity contribution < 1.29 is 4.39 Å². The van der Waals surface area contributed by atoms with Gasteiger partial charge >= 0.3 is 0 Å². The quantitative estimate of drug-likeness (QED) is 0.899. The highest BCUT2D eigenvalue weighted by atomic mass is 79.9. The Labute approximate surface area is 126 Å². The van der Waals surface area contributed by atoms with E-state index in [4.69, 9.17) is 0 Å². The lowest BCUT2D eigenvalue weighted by molar-refractivity contribution is 0.488. The highest BCUT2D eigenvalue weighted by molar-refractivity contribution is 9.10. The number of hydrogen-bond acceptors (Lipinski definition) is 2. The Morgan fingerprint density at radius 3 is 2.75 bits per heavy atom. The second-order valence-electron chi connectivity index (χ2n) is 4.92. The maximum absolute atomic E-state index is 13.6. The second kappa shape index (κ2) is 5.94. The molecule has 1 aliphatic heterocycles. The minimum atomic E-state index is -0.200. The van der Waals surface area contributed by atoms with Crippen molar-refractivity contribution in [3.05, 3.63) is 64.4 Å². The molecule has 1 saturated heterocycles. The van der Waals surface area contributed by atoms with Crippen molar-refractivity contribution in [1.82, 2.24) is 5.32 Å². The zero-order chi connectivity index (χ0) is 13.9. The summed E-state index contributed by atoms with van der Waals surface area (Å²) in [7, 11) is 0. The Morgan fingerprint density at radius 1 is 1.15 bits per heavy atom. The summed E-state index contributed by atoms with van der Waals surface area (Å²) in [6.45, 7) is 2.64. The van der Waals surface area contributed by atoms with Crippen molar-refractivity contribution >= 4 is 21.6 Å². The molecule has 1 heterocycles. The van der Waals surface area contributed by atoms with Crippen LogP contribution in [0.2, 0.25) is 0 Å². The Bertz CT molecular complexity index is 588. The number of nitrogens with one attached hydrogen (secondary N) is 1. The Kier molecular flexibility index (Phi) is 4.03. The highest BCUT2D eigenvalue weighted by Crippen LogP contribution is 2.34. The fraction of sp³-hybridized carbons (Fsp3) is 0.250. The third-order valence-electron chi connectivity index (χ3n) is 3.65. The van der Waals surface area contributed by atoms with Gasteiger partial charge in [0, 0.05) is 24.1 Å². The van der Waals surface area contributed by atoms with Crippen LogP contribution in [0.5, 0.6) is 0 Å². The summed E-state index contributed by atoms with van der Waals surface area (Å²) in [5, 5.41) is 3.42. The van der Waals surface area contributed by atoms with E-state index in [1.807, 2.05) is 18.2 Å². The molecule has 2 nitrogen and oxygen atoms in total. The lowest BCUT2D eigenvalue weighted by Crippen LogP contribution is -2.46. The van der Waals surface area contributed by atoms with Crippen molar-refractivity contribution in [2.75, 3.05) is 24.5 Å². The lowest BCUT2D eigenvalue weighted by atomic mass is 10.0. The van der Waals surface area contributed by atoms with Crippen LogP contribution in [0.4, 0.5) is 10.1 Å². The van der Waals surface area contributed by atoms with Crippen LogP contribution in [0.1, 0.15) is 11.6 Å². The Balaban J connectivity index is 1.99. The maximum atomic E-state index is 13.6.